The van der Waals surface area contributed by atoms with E-state index in [2.05, 4.69) is 5.10 Å². The molecule has 0 radical (unpaired) electrons. The first-order valence-electron chi connectivity index (χ1n) is 10.2. The van der Waals surface area contributed by atoms with Gasteiger partial charge in [0.15, 0.2) is 0 Å². The second-order valence-electron chi connectivity index (χ2n) is 7.44. The summed E-state index contributed by atoms with van der Waals surface area (Å²) in [6.45, 7) is 0.0640. The van der Waals surface area contributed by atoms with Crippen LogP contribution in [0.3, 0.4) is 0 Å². The number of nitro benzene ring substituents is 1. The van der Waals surface area contributed by atoms with Crippen LogP contribution in [0.1, 0.15) is 11.3 Å². The Balaban J connectivity index is 1.63. The van der Waals surface area contributed by atoms with Crippen LogP contribution in [0.15, 0.2) is 66.7 Å². The Kier molecular flexibility index (Phi) is 6.32. The molecule has 0 fully saturated rings. The molecule has 11 heteroatoms. The molecular formula is C24H18F3N3O5. The zero-order valence-electron chi connectivity index (χ0n) is 18.2. The fourth-order valence-electron chi connectivity index (χ4n) is 3.46. The van der Waals surface area contributed by atoms with Crippen molar-refractivity contribution in [2.75, 3.05) is 7.11 Å². The van der Waals surface area contributed by atoms with Crippen molar-refractivity contribution in [3.05, 3.63) is 88.1 Å². The Bertz CT molecular complexity index is 1350. The van der Waals surface area contributed by atoms with E-state index in [1.807, 2.05) is 5.10 Å². The average Bonchev–Trinajstić information content (AvgIpc) is 3.28. The van der Waals surface area contributed by atoms with E-state index in [4.69, 9.17) is 9.47 Å². The number of ether oxygens (including phenoxy) is 2. The molecule has 35 heavy (non-hydrogen) atoms. The fraction of sp³-hybridized carbons (Fsp3) is 0.125. The topological polar surface area (TPSA) is 111 Å². The maximum absolute atomic E-state index is 13.7. The largest absolute Gasteiger partial charge is 0.507 e. The van der Waals surface area contributed by atoms with Gasteiger partial charge in [0.2, 0.25) is 0 Å². The number of halogens is 3. The van der Waals surface area contributed by atoms with Gasteiger partial charge in [-0.05, 0) is 47.5 Å². The lowest BCUT2D eigenvalue weighted by Gasteiger charge is -2.12. The summed E-state index contributed by atoms with van der Waals surface area (Å²) < 4.78 is 51.7. The molecule has 2 N–H and O–H groups in total. The average molecular weight is 485 g/mol. The van der Waals surface area contributed by atoms with Crippen molar-refractivity contribution in [1.82, 2.24) is 10.2 Å². The molecule has 1 heterocycles. The number of methoxy groups -OCH3 is 1. The highest BCUT2D eigenvalue weighted by molar-refractivity contribution is 5.85. The SMILES string of the molecule is COc1ccc(-c2c(-c3ccc(OCc4ccc([N+](=O)[O-])cc4)cc3O)n[nH]c2C(F)(F)F)cc1. The summed E-state index contributed by atoms with van der Waals surface area (Å²) in [4.78, 5) is 10.2. The van der Waals surface area contributed by atoms with Crippen molar-refractivity contribution >= 4 is 5.69 Å². The van der Waals surface area contributed by atoms with E-state index in [0.29, 0.717) is 11.3 Å². The molecule has 0 saturated carbocycles. The molecule has 0 aliphatic heterocycles. The normalized spacial score (nSPS) is 11.3. The predicted octanol–water partition coefficient (Wildman–Crippen LogP) is 5.96. The standard InChI is InChI=1S/C24H18F3N3O5/c1-34-17-8-4-15(5-9-17)21-22(28-29-23(21)24(25,26)27)19-11-10-18(12-20(19)31)35-13-14-2-6-16(7-3-14)30(32)33/h2-12,31H,13H2,1H3,(H,28,29). The Labute approximate surface area is 196 Å². The highest BCUT2D eigenvalue weighted by Gasteiger charge is 2.38. The number of hydrogen-bond acceptors (Lipinski definition) is 6. The summed E-state index contributed by atoms with van der Waals surface area (Å²) in [5, 5.41) is 27.2. The number of rotatable bonds is 7. The summed E-state index contributed by atoms with van der Waals surface area (Å²) in [5.74, 6) is 0.396. The third kappa shape index (κ3) is 5.03. The van der Waals surface area contributed by atoms with E-state index >= 15 is 0 Å². The summed E-state index contributed by atoms with van der Waals surface area (Å²) in [6, 6.07) is 15.9. The molecule has 0 amide bonds. The zero-order valence-corrected chi connectivity index (χ0v) is 18.2. The number of aromatic nitrogens is 2. The lowest BCUT2D eigenvalue weighted by molar-refractivity contribution is -0.384. The Hall–Kier alpha value is -4.54. The number of nitro groups is 1. The molecule has 0 saturated heterocycles. The minimum atomic E-state index is -4.70. The Morgan fingerprint density at radius 2 is 1.69 bits per heavy atom. The lowest BCUT2D eigenvalue weighted by atomic mass is 9.98. The third-order valence-electron chi connectivity index (χ3n) is 5.21. The summed E-state index contributed by atoms with van der Waals surface area (Å²) in [7, 11) is 1.45. The number of nitrogens with zero attached hydrogens (tertiary/aromatic N) is 2. The predicted molar refractivity (Wildman–Crippen MR) is 120 cm³/mol. The molecule has 0 atom stereocenters. The van der Waals surface area contributed by atoms with Crippen molar-refractivity contribution < 1.29 is 32.7 Å². The van der Waals surface area contributed by atoms with Gasteiger partial charge in [0.1, 0.15) is 35.2 Å². The maximum Gasteiger partial charge on any atom is 0.433 e. The number of alkyl halides is 3. The van der Waals surface area contributed by atoms with Crippen molar-refractivity contribution in [2.45, 2.75) is 12.8 Å². The Morgan fingerprint density at radius 3 is 2.26 bits per heavy atom. The summed E-state index contributed by atoms with van der Waals surface area (Å²) in [6.07, 6.45) is -4.70. The van der Waals surface area contributed by atoms with Gasteiger partial charge in [-0.25, -0.2) is 0 Å². The van der Waals surface area contributed by atoms with E-state index in [1.165, 1.54) is 73.8 Å². The number of hydrogen-bond donors (Lipinski definition) is 2. The van der Waals surface area contributed by atoms with Gasteiger partial charge in [-0.15, -0.1) is 0 Å². The molecule has 0 spiro atoms. The molecule has 4 rings (SSSR count). The van der Waals surface area contributed by atoms with Crippen LogP contribution < -0.4 is 9.47 Å². The van der Waals surface area contributed by atoms with Crippen LogP contribution in [0.25, 0.3) is 22.4 Å². The smallest absolute Gasteiger partial charge is 0.433 e. The van der Waals surface area contributed by atoms with Crippen LogP contribution in [0, 0.1) is 10.1 Å². The number of H-pyrrole nitrogens is 1. The number of benzene rings is 3. The maximum atomic E-state index is 13.7. The molecule has 1 aromatic heterocycles. The lowest BCUT2D eigenvalue weighted by Crippen LogP contribution is -2.07. The van der Waals surface area contributed by atoms with Crippen molar-refractivity contribution in [3.8, 4) is 39.6 Å². The van der Waals surface area contributed by atoms with E-state index < -0.39 is 16.8 Å². The first-order valence-corrected chi connectivity index (χ1v) is 10.2. The number of aromatic amines is 1. The van der Waals surface area contributed by atoms with E-state index in [9.17, 15) is 28.4 Å². The second kappa shape index (κ2) is 9.37. The number of non-ortho nitro benzene ring substituents is 1. The Morgan fingerprint density at radius 1 is 1.03 bits per heavy atom. The monoisotopic (exact) mass is 485 g/mol. The van der Waals surface area contributed by atoms with Gasteiger partial charge in [-0.2, -0.15) is 18.3 Å². The van der Waals surface area contributed by atoms with E-state index in [1.54, 1.807) is 0 Å². The zero-order chi connectivity index (χ0) is 25.2. The summed E-state index contributed by atoms with van der Waals surface area (Å²) >= 11 is 0. The van der Waals surface area contributed by atoms with Gasteiger partial charge in [-0.3, -0.25) is 15.2 Å². The summed E-state index contributed by atoms with van der Waals surface area (Å²) in [5.41, 5.74) is -0.429. The minimum absolute atomic E-state index is 0.0550. The number of nitrogens with one attached hydrogen (secondary N) is 1. The number of phenolic OH excluding ortho intramolecular Hbond substituents is 1. The van der Waals surface area contributed by atoms with Gasteiger partial charge in [-0.1, -0.05) is 12.1 Å². The van der Waals surface area contributed by atoms with Crippen LogP contribution in [-0.2, 0) is 12.8 Å². The molecule has 0 bridgehead atoms. The third-order valence-corrected chi connectivity index (χ3v) is 5.21. The highest BCUT2D eigenvalue weighted by Crippen LogP contribution is 2.44. The van der Waals surface area contributed by atoms with Crippen molar-refractivity contribution in [2.24, 2.45) is 0 Å². The number of aromatic hydroxyl groups is 1. The van der Waals surface area contributed by atoms with Crippen LogP contribution in [0.4, 0.5) is 18.9 Å². The minimum Gasteiger partial charge on any atom is -0.507 e. The quantitative estimate of drug-likeness (QED) is 0.247. The van der Waals surface area contributed by atoms with Gasteiger partial charge in [0, 0.05) is 29.3 Å². The molecule has 8 nitrogen and oxygen atoms in total. The van der Waals surface area contributed by atoms with Gasteiger partial charge in [0.05, 0.1) is 12.0 Å². The van der Waals surface area contributed by atoms with Gasteiger partial charge in [0.25, 0.3) is 5.69 Å². The van der Waals surface area contributed by atoms with Crippen LogP contribution in [-0.4, -0.2) is 27.3 Å². The molecule has 180 valence electrons. The van der Waals surface area contributed by atoms with Crippen molar-refractivity contribution in [1.29, 1.82) is 0 Å². The number of phenols is 1. The molecule has 0 unspecified atom stereocenters. The molecular weight excluding hydrogens is 467 g/mol. The van der Waals surface area contributed by atoms with Gasteiger partial charge < -0.3 is 14.6 Å². The second-order valence-corrected chi connectivity index (χ2v) is 7.44. The first kappa shape index (κ1) is 23.6. The molecule has 0 aliphatic carbocycles. The highest BCUT2D eigenvalue weighted by atomic mass is 19.4. The van der Waals surface area contributed by atoms with E-state index in [0.717, 1.165) is 0 Å². The molecule has 4 aromatic rings. The fourth-order valence-corrected chi connectivity index (χ4v) is 3.46. The van der Waals surface area contributed by atoms with Crippen LogP contribution in [0.2, 0.25) is 0 Å². The van der Waals surface area contributed by atoms with E-state index in [-0.39, 0.29) is 46.2 Å². The van der Waals surface area contributed by atoms with Crippen LogP contribution in [0.5, 0.6) is 17.2 Å². The molecule has 0 aliphatic rings. The van der Waals surface area contributed by atoms with Crippen LogP contribution >= 0.6 is 0 Å². The molecule has 3 aromatic carbocycles. The van der Waals surface area contributed by atoms with Crippen molar-refractivity contribution in [3.63, 3.8) is 0 Å². The first-order chi connectivity index (χ1) is 16.7. The van der Waals surface area contributed by atoms with Gasteiger partial charge >= 0.3 is 6.18 Å².